The lowest BCUT2D eigenvalue weighted by Gasteiger charge is -2.38. The number of piperazine rings is 1. The molecule has 3 heterocycles. The molecule has 2 aliphatic rings. The van der Waals surface area contributed by atoms with E-state index in [4.69, 9.17) is 0 Å². The lowest BCUT2D eigenvalue weighted by molar-refractivity contribution is 0.147. The van der Waals surface area contributed by atoms with Crippen molar-refractivity contribution in [2.24, 2.45) is 5.92 Å². The lowest BCUT2D eigenvalue weighted by atomic mass is 9.97. The molecule has 0 N–H and O–H groups in total. The molecule has 156 valence electrons. The Balaban J connectivity index is 1.31. The molecule has 2 saturated heterocycles. The summed E-state index contributed by atoms with van der Waals surface area (Å²) in [5.41, 5.74) is 3.44. The van der Waals surface area contributed by atoms with Crippen molar-refractivity contribution < 1.29 is 0 Å². The second-order valence-electron chi connectivity index (χ2n) is 9.11. The molecule has 1 atom stereocenters. The summed E-state index contributed by atoms with van der Waals surface area (Å²) in [6, 6.07) is 12.9. The Kier molecular flexibility index (Phi) is 6.46. The number of hydrogen-bond donors (Lipinski definition) is 0. The van der Waals surface area contributed by atoms with E-state index in [2.05, 4.69) is 82.2 Å². The molecule has 5 heteroatoms. The molecule has 1 unspecified atom stereocenters. The molecule has 1 aromatic heterocycles. The molecule has 2 aromatic rings. The predicted octanol–water partition coefficient (Wildman–Crippen LogP) is 3.73. The highest BCUT2D eigenvalue weighted by Gasteiger charge is 2.23. The summed E-state index contributed by atoms with van der Waals surface area (Å²) in [6.45, 7) is 12.5. The molecule has 0 amide bonds. The Morgan fingerprint density at radius 1 is 0.931 bits per heavy atom. The summed E-state index contributed by atoms with van der Waals surface area (Å²) < 4.78 is 0. The largest absolute Gasteiger partial charge is 0.353 e. The first-order valence-electron chi connectivity index (χ1n) is 11.2. The van der Waals surface area contributed by atoms with E-state index >= 15 is 0 Å². The molecule has 4 rings (SSSR count). The minimum Gasteiger partial charge on any atom is -0.353 e. The van der Waals surface area contributed by atoms with Crippen LogP contribution in [0.2, 0.25) is 0 Å². The number of aromatic nitrogens is 2. The summed E-state index contributed by atoms with van der Waals surface area (Å²) in [7, 11) is 2.26. The van der Waals surface area contributed by atoms with Gasteiger partial charge in [0.1, 0.15) is 0 Å². The molecule has 0 saturated carbocycles. The Morgan fingerprint density at radius 3 is 2.31 bits per heavy atom. The van der Waals surface area contributed by atoms with Gasteiger partial charge in [-0.1, -0.05) is 38.1 Å². The number of piperidine rings is 1. The topological polar surface area (TPSA) is 35.5 Å². The summed E-state index contributed by atoms with van der Waals surface area (Å²) in [6.07, 6.45) is 2.74. The van der Waals surface area contributed by atoms with Crippen LogP contribution in [-0.4, -0.2) is 72.9 Å². The van der Waals surface area contributed by atoms with E-state index in [1.165, 1.54) is 38.0 Å². The highest BCUT2D eigenvalue weighted by atomic mass is 15.3. The molecule has 29 heavy (non-hydrogen) atoms. The second-order valence-corrected chi connectivity index (χ2v) is 9.11. The fraction of sp³-hybridized carbons (Fsp3) is 0.583. The van der Waals surface area contributed by atoms with Crippen molar-refractivity contribution in [3.63, 3.8) is 0 Å². The molecule has 5 nitrogen and oxygen atoms in total. The van der Waals surface area contributed by atoms with Crippen molar-refractivity contribution in [1.82, 2.24) is 20.0 Å². The Morgan fingerprint density at radius 2 is 1.69 bits per heavy atom. The van der Waals surface area contributed by atoms with E-state index in [1.807, 2.05) is 0 Å². The number of hydrogen-bond acceptors (Lipinski definition) is 5. The molecule has 2 fully saturated rings. The first-order chi connectivity index (χ1) is 14.1. The molecule has 0 radical (unpaired) electrons. The van der Waals surface area contributed by atoms with E-state index in [0.717, 1.165) is 49.2 Å². The van der Waals surface area contributed by atoms with E-state index < -0.39 is 0 Å². The number of nitrogens with zero attached hydrogens (tertiary/aromatic N) is 5. The fourth-order valence-electron chi connectivity index (χ4n) is 4.63. The maximum atomic E-state index is 4.54. The van der Waals surface area contributed by atoms with Gasteiger partial charge < -0.3 is 9.80 Å². The van der Waals surface area contributed by atoms with E-state index in [0.29, 0.717) is 5.92 Å². The van der Waals surface area contributed by atoms with Gasteiger partial charge in [0.25, 0.3) is 0 Å². The third kappa shape index (κ3) is 5.14. The van der Waals surface area contributed by atoms with Crippen LogP contribution in [0.25, 0.3) is 11.3 Å². The zero-order chi connectivity index (χ0) is 20.2. The van der Waals surface area contributed by atoms with Crippen molar-refractivity contribution >= 4 is 5.82 Å². The van der Waals surface area contributed by atoms with Gasteiger partial charge in [0.05, 0.1) is 5.69 Å². The predicted molar refractivity (Wildman–Crippen MR) is 120 cm³/mol. The van der Waals surface area contributed by atoms with Gasteiger partial charge in [0.15, 0.2) is 5.82 Å². The average molecular weight is 394 g/mol. The molecular weight excluding hydrogens is 358 g/mol. The molecular formula is C24H35N5. The van der Waals surface area contributed by atoms with Gasteiger partial charge in [0.2, 0.25) is 0 Å². The van der Waals surface area contributed by atoms with Crippen LogP contribution in [0.3, 0.4) is 0 Å². The van der Waals surface area contributed by atoms with Crippen LogP contribution in [0, 0.1) is 5.92 Å². The van der Waals surface area contributed by atoms with Crippen LogP contribution in [-0.2, 0) is 0 Å². The first-order valence-corrected chi connectivity index (χ1v) is 11.2. The van der Waals surface area contributed by atoms with Crippen LogP contribution in [0.4, 0.5) is 5.82 Å². The Bertz CT molecular complexity index is 763. The van der Waals surface area contributed by atoms with Gasteiger partial charge in [-0.3, -0.25) is 4.90 Å². The zero-order valence-corrected chi connectivity index (χ0v) is 18.2. The highest BCUT2D eigenvalue weighted by Crippen LogP contribution is 2.23. The second kappa shape index (κ2) is 9.23. The number of rotatable bonds is 5. The van der Waals surface area contributed by atoms with Crippen molar-refractivity contribution in [2.75, 3.05) is 57.8 Å². The van der Waals surface area contributed by atoms with Crippen LogP contribution < -0.4 is 4.90 Å². The lowest BCUT2D eigenvalue weighted by Crippen LogP contribution is -2.49. The molecule has 0 bridgehead atoms. The van der Waals surface area contributed by atoms with E-state index in [-0.39, 0.29) is 0 Å². The van der Waals surface area contributed by atoms with E-state index in [1.54, 1.807) is 0 Å². The minimum absolute atomic E-state index is 0.551. The van der Waals surface area contributed by atoms with Gasteiger partial charge in [0, 0.05) is 44.8 Å². The minimum atomic E-state index is 0.551. The van der Waals surface area contributed by atoms with Crippen LogP contribution in [0.5, 0.6) is 0 Å². The first kappa shape index (κ1) is 20.3. The van der Waals surface area contributed by atoms with Gasteiger partial charge in [-0.05, 0) is 56.0 Å². The summed E-state index contributed by atoms with van der Waals surface area (Å²) >= 11 is 0. The summed E-state index contributed by atoms with van der Waals surface area (Å²) in [5, 5.41) is 9.05. The Labute approximate surface area is 175 Å². The molecule has 1 aromatic carbocycles. The van der Waals surface area contributed by atoms with Crippen LogP contribution in [0.15, 0.2) is 36.4 Å². The average Bonchev–Trinajstić information content (AvgIpc) is 2.75. The van der Waals surface area contributed by atoms with Crippen molar-refractivity contribution in [2.45, 2.75) is 32.6 Å². The molecule has 0 spiro atoms. The van der Waals surface area contributed by atoms with Gasteiger partial charge in [-0.2, -0.15) is 0 Å². The van der Waals surface area contributed by atoms with Crippen LogP contribution in [0.1, 0.15) is 38.2 Å². The van der Waals surface area contributed by atoms with Gasteiger partial charge in [-0.15, -0.1) is 10.2 Å². The monoisotopic (exact) mass is 393 g/mol. The van der Waals surface area contributed by atoms with E-state index in [9.17, 15) is 0 Å². The van der Waals surface area contributed by atoms with Crippen molar-refractivity contribution in [3.8, 4) is 11.3 Å². The Hall–Kier alpha value is -1.98. The SMILES string of the molecule is CC(C)c1ccc(-c2ccc(N3CCN(CC4CCCN(C)C4)CC3)nn2)cc1. The smallest absolute Gasteiger partial charge is 0.151 e. The zero-order valence-electron chi connectivity index (χ0n) is 18.2. The number of anilines is 1. The number of likely N-dealkylation sites (tertiary alicyclic amines) is 1. The summed E-state index contributed by atoms with van der Waals surface area (Å²) in [5.74, 6) is 2.39. The molecule has 2 aliphatic heterocycles. The third-order valence-electron chi connectivity index (χ3n) is 6.46. The quantitative estimate of drug-likeness (QED) is 0.773. The van der Waals surface area contributed by atoms with Crippen molar-refractivity contribution in [3.05, 3.63) is 42.0 Å². The fourth-order valence-corrected chi connectivity index (χ4v) is 4.63. The third-order valence-corrected chi connectivity index (χ3v) is 6.46. The van der Waals surface area contributed by atoms with Crippen molar-refractivity contribution in [1.29, 1.82) is 0 Å². The maximum absolute atomic E-state index is 4.54. The van der Waals surface area contributed by atoms with Gasteiger partial charge >= 0.3 is 0 Å². The normalized spacial score (nSPS) is 21.7. The summed E-state index contributed by atoms with van der Waals surface area (Å²) in [4.78, 5) is 7.50. The maximum Gasteiger partial charge on any atom is 0.151 e. The molecule has 0 aliphatic carbocycles. The van der Waals surface area contributed by atoms with Gasteiger partial charge in [-0.25, -0.2) is 0 Å². The number of benzene rings is 1. The van der Waals surface area contributed by atoms with Crippen LogP contribution >= 0.6 is 0 Å². The highest BCUT2D eigenvalue weighted by molar-refractivity contribution is 5.60. The standard InChI is InChI=1S/C24H35N5/c1-19(2)21-6-8-22(9-7-21)23-10-11-24(26-25-23)29-15-13-28(14-16-29)18-20-5-4-12-27(3)17-20/h6-11,19-20H,4-5,12-18H2,1-3H3.